The van der Waals surface area contributed by atoms with E-state index in [9.17, 15) is 32.7 Å². The monoisotopic (exact) mass is 641 g/mol. The number of alkyl halides is 3. The average Bonchev–Trinajstić information content (AvgIpc) is 3.50. The van der Waals surface area contributed by atoms with Crippen molar-refractivity contribution in [3.05, 3.63) is 69.9 Å². The van der Waals surface area contributed by atoms with E-state index < -0.39 is 23.2 Å². The number of piperazine rings is 1. The van der Waals surface area contributed by atoms with Crippen molar-refractivity contribution in [1.82, 2.24) is 29.0 Å². The standard InChI is InChI=1S/C29H30F3N9O5/c1-18-24(37-8-10-38(11-9-37)25(44)21-16-33-7-6-22(21)42)26(45)41-28(35-27(36-41)39-12-14-46-15-13-39)40(18)17-23(43)34-20-4-2-19(3-5-20)29(30,31)32/h2-7,16H,8-15,17H2,1H3,(H,33,42)(H,34,43). The Bertz CT molecular complexity index is 1830. The third-order valence-corrected chi connectivity index (χ3v) is 7.97. The van der Waals surface area contributed by atoms with E-state index in [0.717, 1.165) is 16.6 Å². The number of halogens is 3. The fourth-order valence-electron chi connectivity index (χ4n) is 5.53. The van der Waals surface area contributed by atoms with Crippen LogP contribution in [0.15, 0.2) is 47.5 Å². The zero-order valence-electron chi connectivity index (χ0n) is 24.7. The summed E-state index contributed by atoms with van der Waals surface area (Å²) in [4.78, 5) is 53.9. The van der Waals surface area contributed by atoms with E-state index in [-0.39, 0.29) is 67.1 Å². The number of benzene rings is 1. The molecule has 0 saturated carbocycles. The molecule has 6 rings (SSSR count). The molecule has 2 amide bonds. The summed E-state index contributed by atoms with van der Waals surface area (Å²) in [6.07, 6.45) is -1.83. The molecule has 2 fully saturated rings. The number of aromatic hydroxyl groups is 1. The number of carbonyl (C=O) groups is 2. The molecule has 17 heteroatoms. The average molecular weight is 642 g/mol. The minimum atomic E-state index is -4.51. The van der Waals surface area contributed by atoms with Crippen LogP contribution in [-0.4, -0.2) is 98.5 Å². The summed E-state index contributed by atoms with van der Waals surface area (Å²) in [7, 11) is 0. The first-order valence-electron chi connectivity index (χ1n) is 14.5. The Kier molecular flexibility index (Phi) is 8.24. The lowest BCUT2D eigenvalue weighted by molar-refractivity contribution is -0.137. The van der Waals surface area contributed by atoms with E-state index in [2.05, 4.69) is 20.4 Å². The zero-order chi connectivity index (χ0) is 32.6. The highest BCUT2D eigenvalue weighted by molar-refractivity contribution is 5.96. The lowest BCUT2D eigenvalue weighted by Gasteiger charge is -2.36. The van der Waals surface area contributed by atoms with Gasteiger partial charge in [0.05, 0.1) is 24.3 Å². The molecule has 2 aliphatic rings. The third-order valence-electron chi connectivity index (χ3n) is 7.97. The number of pyridine rings is 1. The minimum Gasteiger partial charge on any atom is -0.507 e. The Morgan fingerprint density at radius 2 is 1.70 bits per heavy atom. The number of carbonyl (C=O) groups excluding carboxylic acids is 2. The molecule has 2 aliphatic heterocycles. The first-order valence-corrected chi connectivity index (χ1v) is 14.5. The minimum absolute atomic E-state index is 0.0771. The molecule has 0 aliphatic carbocycles. The first-order chi connectivity index (χ1) is 22.0. The fourth-order valence-corrected chi connectivity index (χ4v) is 5.53. The van der Waals surface area contributed by atoms with Crippen molar-refractivity contribution in [2.75, 3.05) is 67.6 Å². The number of nitrogens with one attached hydrogen (secondary N) is 1. The quantitative estimate of drug-likeness (QED) is 0.319. The lowest BCUT2D eigenvalue weighted by Crippen LogP contribution is -2.50. The highest BCUT2D eigenvalue weighted by Crippen LogP contribution is 2.30. The van der Waals surface area contributed by atoms with Gasteiger partial charge >= 0.3 is 6.18 Å². The van der Waals surface area contributed by atoms with Gasteiger partial charge in [-0.25, -0.2) is 0 Å². The molecule has 2 N–H and O–H groups in total. The number of amides is 2. The topological polar surface area (TPSA) is 150 Å². The van der Waals surface area contributed by atoms with Crippen molar-refractivity contribution in [2.24, 2.45) is 0 Å². The van der Waals surface area contributed by atoms with Crippen molar-refractivity contribution in [1.29, 1.82) is 0 Å². The molecule has 242 valence electrons. The summed E-state index contributed by atoms with van der Waals surface area (Å²) >= 11 is 0. The number of hydrogen-bond acceptors (Lipinski definition) is 10. The van der Waals surface area contributed by atoms with Gasteiger partial charge in [-0.15, -0.1) is 5.10 Å². The van der Waals surface area contributed by atoms with Crippen LogP contribution in [-0.2, 0) is 22.3 Å². The van der Waals surface area contributed by atoms with Crippen molar-refractivity contribution in [3.63, 3.8) is 0 Å². The van der Waals surface area contributed by atoms with Crippen molar-refractivity contribution < 1.29 is 32.6 Å². The molecule has 0 radical (unpaired) electrons. The van der Waals surface area contributed by atoms with Crippen LogP contribution in [0.3, 0.4) is 0 Å². The van der Waals surface area contributed by atoms with Crippen LogP contribution in [0.4, 0.5) is 30.5 Å². The maximum Gasteiger partial charge on any atom is 0.416 e. The fraction of sp³-hybridized carbons (Fsp3) is 0.379. The number of nitrogens with zero attached hydrogens (tertiary/aromatic N) is 8. The maximum atomic E-state index is 13.9. The summed E-state index contributed by atoms with van der Waals surface area (Å²) in [5.41, 5.74) is -0.359. The van der Waals surface area contributed by atoms with Gasteiger partial charge in [-0.1, -0.05) is 0 Å². The number of ether oxygens (including phenoxy) is 1. The van der Waals surface area contributed by atoms with Crippen LogP contribution in [0.1, 0.15) is 21.6 Å². The van der Waals surface area contributed by atoms with E-state index >= 15 is 0 Å². The Morgan fingerprint density at radius 1 is 1.00 bits per heavy atom. The normalized spacial score (nSPS) is 15.8. The van der Waals surface area contributed by atoms with Crippen molar-refractivity contribution >= 4 is 34.9 Å². The predicted octanol–water partition coefficient (Wildman–Crippen LogP) is 1.76. The van der Waals surface area contributed by atoms with Gasteiger partial charge < -0.3 is 34.4 Å². The Labute approximate surface area is 259 Å². The van der Waals surface area contributed by atoms with Gasteiger partial charge in [-0.2, -0.15) is 22.7 Å². The Hall–Kier alpha value is -5.19. The summed E-state index contributed by atoms with van der Waals surface area (Å²) < 4.78 is 47.1. The van der Waals surface area contributed by atoms with Gasteiger partial charge in [0, 0.05) is 63.0 Å². The molecule has 3 aromatic heterocycles. The highest BCUT2D eigenvalue weighted by Gasteiger charge is 2.31. The number of hydrogen-bond donors (Lipinski definition) is 2. The summed E-state index contributed by atoms with van der Waals surface area (Å²) in [5.74, 6) is -0.705. The van der Waals surface area contributed by atoms with Crippen molar-refractivity contribution in [2.45, 2.75) is 19.6 Å². The van der Waals surface area contributed by atoms with E-state index in [1.165, 1.54) is 35.2 Å². The molecule has 14 nitrogen and oxygen atoms in total. The van der Waals surface area contributed by atoms with Gasteiger partial charge in [0.25, 0.3) is 11.5 Å². The molecule has 4 aromatic rings. The summed E-state index contributed by atoms with van der Waals surface area (Å²) in [6.45, 7) is 4.33. The molecule has 0 spiro atoms. The van der Waals surface area contributed by atoms with Crippen LogP contribution < -0.4 is 20.7 Å². The second kappa shape index (κ2) is 12.3. The second-order valence-electron chi connectivity index (χ2n) is 10.8. The molecule has 0 atom stereocenters. The summed E-state index contributed by atoms with van der Waals surface area (Å²) in [5, 5.41) is 17.2. The SMILES string of the molecule is Cc1c(N2CCN(C(=O)c3cnccc3O)CC2)c(=O)n2nc(N3CCOCC3)nc2n1CC(=O)Nc1ccc(C(F)(F)F)cc1. The van der Waals surface area contributed by atoms with Gasteiger partial charge in [-0.3, -0.25) is 19.4 Å². The molecule has 0 unspecified atom stereocenters. The highest BCUT2D eigenvalue weighted by atomic mass is 19.4. The van der Waals surface area contributed by atoms with Gasteiger partial charge in [-0.05, 0) is 37.3 Å². The molecule has 2 saturated heterocycles. The number of aromatic nitrogens is 5. The summed E-state index contributed by atoms with van der Waals surface area (Å²) in [6, 6.07) is 5.42. The Morgan fingerprint density at radius 3 is 2.35 bits per heavy atom. The van der Waals surface area contributed by atoms with Crippen LogP contribution in [0.25, 0.3) is 5.78 Å². The van der Waals surface area contributed by atoms with Crippen molar-refractivity contribution in [3.8, 4) is 5.75 Å². The number of morpholine rings is 1. The number of anilines is 3. The predicted molar refractivity (Wildman–Crippen MR) is 159 cm³/mol. The molecule has 5 heterocycles. The molecular weight excluding hydrogens is 611 g/mol. The molecular formula is C29H30F3N9O5. The van der Waals surface area contributed by atoms with E-state index in [1.807, 2.05) is 9.80 Å². The van der Waals surface area contributed by atoms with Crippen LogP contribution in [0, 0.1) is 6.92 Å². The van der Waals surface area contributed by atoms with Crippen LogP contribution in [0.2, 0.25) is 0 Å². The molecule has 1 aromatic carbocycles. The van der Waals surface area contributed by atoms with Gasteiger partial charge in [0.1, 0.15) is 18.0 Å². The number of fused-ring (bicyclic) bond motifs is 1. The largest absolute Gasteiger partial charge is 0.507 e. The molecule has 0 bridgehead atoms. The van der Waals surface area contributed by atoms with E-state index in [1.54, 1.807) is 11.8 Å². The second-order valence-corrected chi connectivity index (χ2v) is 10.8. The Balaban J connectivity index is 1.30. The third kappa shape index (κ3) is 6.04. The first kappa shape index (κ1) is 30.8. The van der Waals surface area contributed by atoms with Crippen LogP contribution >= 0.6 is 0 Å². The molecule has 46 heavy (non-hydrogen) atoms. The van der Waals surface area contributed by atoms with Gasteiger partial charge in [0.2, 0.25) is 17.6 Å². The van der Waals surface area contributed by atoms with Crippen LogP contribution in [0.5, 0.6) is 5.75 Å². The zero-order valence-corrected chi connectivity index (χ0v) is 24.7. The van der Waals surface area contributed by atoms with Gasteiger partial charge in [0.15, 0.2) is 0 Å². The maximum absolute atomic E-state index is 13.9. The van der Waals surface area contributed by atoms with E-state index in [4.69, 9.17) is 4.74 Å². The lowest BCUT2D eigenvalue weighted by atomic mass is 10.2. The van der Waals surface area contributed by atoms with E-state index in [0.29, 0.717) is 37.9 Å². The smallest absolute Gasteiger partial charge is 0.416 e. The number of rotatable bonds is 6.